The molecule has 1 aromatic carbocycles. The van der Waals surface area contributed by atoms with Gasteiger partial charge in [-0.3, -0.25) is 0 Å². The maximum atomic E-state index is 3.89. The molecule has 4 nitrogen and oxygen atoms in total. The lowest BCUT2D eigenvalue weighted by molar-refractivity contribution is 0.788. The smallest absolute Gasteiger partial charge is 0.162 e. The largest absolute Gasteiger partial charge is 0.304 e. The molecule has 2 aromatic rings. The molecule has 0 saturated heterocycles. The van der Waals surface area contributed by atoms with E-state index in [2.05, 4.69) is 33.2 Å². The summed E-state index contributed by atoms with van der Waals surface area (Å²) < 4.78 is 0. The molecule has 0 aliphatic carbocycles. The first-order valence-corrected chi connectivity index (χ1v) is 4.75. The average Bonchev–Trinajstić information content (AvgIpc) is 2.32. The first kappa shape index (κ1) is 9.61. The number of hydrazine groups is 1. The molecular weight excluding hydrogens is 188 g/mol. The number of aromatic nitrogens is 2. The van der Waals surface area contributed by atoms with Crippen LogP contribution in [0.3, 0.4) is 0 Å². The highest BCUT2D eigenvalue weighted by Gasteiger charge is 1.91. The van der Waals surface area contributed by atoms with Crippen LogP contribution >= 0.6 is 0 Å². The van der Waals surface area contributed by atoms with Gasteiger partial charge >= 0.3 is 0 Å². The highest BCUT2D eigenvalue weighted by Crippen LogP contribution is 1.98. The van der Waals surface area contributed by atoms with Crippen LogP contribution in [-0.2, 0) is 6.54 Å². The summed E-state index contributed by atoms with van der Waals surface area (Å²) in [5, 5.41) is 7.64. The Kier molecular flexibility index (Phi) is 3.25. The van der Waals surface area contributed by atoms with Gasteiger partial charge in [-0.1, -0.05) is 30.3 Å². The summed E-state index contributed by atoms with van der Waals surface area (Å²) in [6.45, 7) is 0.747. The number of nitrogens with zero attached hydrogens (tertiary/aromatic N) is 2. The molecule has 0 amide bonds. The fourth-order valence-corrected chi connectivity index (χ4v) is 1.20. The number of hydrogen-bond donors (Lipinski definition) is 2. The van der Waals surface area contributed by atoms with Gasteiger partial charge in [0, 0.05) is 12.7 Å². The van der Waals surface area contributed by atoms with Gasteiger partial charge in [-0.25, -0.2) is 5.43 Å². The zero-order valence-electron chi connectivity index (χ0n) is 8.22. The molecule has 1 heterocycles. The van der Waals surface area contributed by atoms with Crippen LogP contribution in [0.1, 0.15) is 5.56 Å². The van der Waals surface area contributed by atoms with Crippen molar-refractivity contribution < 1.29 is 0 Å². The van der Waals surface area contributed by atoms with Crippen LogP contribution in [-0.4, -0.2) is 10.2 Å². The van der Waals surface area contributed by atoms with E-state index in [1.165, 1.54) is 5.56 Å². The van der Waals surface area contributed by atoms with Gasteiger partial charge in [-0.05, 0) is 17.7 Å². The fraction of sp³-hybridized carbons (Fsp3) is 0.0909. The van der Waals surface area contributed by atoms with Gasteiger partial charge < -0.3 is 5.43 Å². The zero-order chi connectivity index (χ0) is 10.3. The summed E-state index contributed by atoms with van der Waals surface area (Å²) in [5.41, 5.74) is 7.25. The van der Waals surface area contributed by atoms with Gasteiger partial charge in [0.1, 0.15) is 0 Å². The van der Waals surface area contributed by atoms with E-state index >= 15 is 0 Å². The average molecular weight is 200 g/mol. The Hall–Kier alpha value is -1.94. The van der Waals surface area contributed by atoms with Crippen LogP contribution in [0.25, 0.3) is 0 Å². The molecule has 1 aromatic heterocycles. The molecule has 2 rings (SSSR count). The lowest BCUT2D eigenvalue weighted by atomic mass is 10.2. The Balaban J connectivity index is 1.81. The lowest BCUT2D eigenvalue weighted by Crippen LogP contribution is -2.21. The lowest BCUT2D eigenvalue weighted by Gasteiger charge is -2.06. The molecule has 0 aliphatic heterocycles. The van der Waals surface area contributed by atoms with Crippen molar-refractivity contribution in [2.75, 3.05) is 5.43 Å². The molecule has 0 bridgehead atoms. The summed E-state index contributed by atoms with van der Waals surface area (Å²) in [6, 6.07) is 13.8. The minimum atomic E-state index is 0.716. The van der Waals surface area contributed by atoms with Crippen LogP contribution in [0.15, 0.2) is 48.7 Å². The van der Waals surface area contributed by atoms with E-state index in [0.29, 0.717) is 5.82 Å². The topological polar surface area (TPSA) is 49.8 Å². The maximum Gasteiger partial charge on any atom is 0.162 e. The van der Waals surface area contributed by atoms with Gasteiger partial charge in [0.15, 0.2) is 5.82 Å². The van der Waals surface area contributed by atoms with Crippen molar-refractivity contribution in [3.63, 3.8) is 0 Å². The van der Waals surface area contributed by atoms with Gasteiger partial charge in [0.05, 0.1) is 0 Å². The maximum absolute atomic E-state index is 3.89. The van der Waals surface area contributed by atoms with Crippen molar-refractivity contribution in [2.24, 2.45) is 0 Å². The van der Waals surface area contributed by atoms with E-state index in [1.54, 1.807) is 6.20 Å². The van der Waals surface area contributed by atoms with Crippen LogP contribution in [0, 0.1) is 0 Å². The molecule has 15 heavy (non-hydrogen) atoms. The Morgan fingerprint density at radius 3 is 2.60 bits per heavy atom. The predicted molar refractivity (Wildman–Crippen MR) is 58.9 cm³/mol. The van der Waals surface area contributed by atoms with Gasteiger partial charge in [0.2, 0.25) is 0 Å². The first-order chi connectivity index (χ1) is 7.45. The first-order valence-electron chi connectivity index (χ1n) is 4.75. The van der Waals surface area contributed by atoms with Crippen LogP contribution in [0.2, 0.25) is 0 Å². The second-order valence-electron chi connectivity index (χ2n) is 3.07. The van der Waals surface area contributed by atoms with E-state index in [9.17, 15) is 0 Å². The van der Waals surface area contributed by atoms with Gasteiger partial charge in [-0.2, -0.15) is 5.10 Å². The monoisotopic (exact) mass is 200 g/mol. The third-order valence-electron chi connectivity index (χ3n) is 1.92. The third kappa shape index (κ3) is 3.03. The highest BCUT2D eigenvalue weighted by molar-refractivity contribution is 5.29. The number of benzene rings is 1. The minimum Gasteiger partial charge on any atom is -0.304 e. The summed E-state index contributed by atoms with van der Waals surface area (Å²) in [4.78, 5) is 0. The molecule has 0 radical (unpaired) electrons. The number of hydrogen-bond acceptors (Lipinski definition) is 4. The second kappa shape index (κ2) is 5.07. The van der Waals surface area contributed by atoms with Crippen LogP contribution < -0.4 is 10.9 Å². The van der Waals surface area contributed by atoms with E-state index < -0.39 is 0 Å². The second-order valence-corrected chi connectivity index (χ2v) is 3.07. The molecular formula is C11H12N4. The molecule has 0 unspecified atom stereocenters. The predicted octanol–water partition coefficient (Wildman–Crippen LogP) is 1.59. The summed E-state index contributed by atoms with van der Waals surface area (Å²) in [7, 11) is 0. The standard InChI is InChI=1S/C11H12N4/c1-2-5-10(6-3-1)9-13-15-11-7-4-8-12-14-11/h1-8,13H,9H2,(H,14,15). The summed E-state index contributed by atoms with van der Waals surface area (Å²) in [6.07, 6.45) is 1.64. The fourth-order valence-electron chi connectivity index (χ4n) is 1.20. The SMILES string of the molecule is c1ccc(CNNc2cccnn2)cc1. The van der Waals surface area contributed by atoms with Crippen molar-refractivity contribution in [1.82, 2.24) is 15.6 Å². The van der Waals surface area contributed by atoms with Crippen molar-refractivity contribution in [1.29, 1.82) is 0 Å². The zero-order valence-corrected chi connectivity index (χ0v) is 8.22. The van der Waals surface area contributed by atoms with E-state index in [4.69, 9.17) is 0 Å². The number of rotatable bonds is 4. The summed E-state index contributed by atoms with van der Waals surface area (Å²) >= 11 is 0. The molecule has 0 spiro atoms. The Morgan fingerprint density at radius 1 is 1.00 bits per heavy atom. The summed E-state index contributed by atoms with van der Waals surface area (Å²) in [5.74, 6) is 0.716. The molecule has 4 heteroatoms. The van der Waals surface area contributed by atoms with Crippen molar-refractivity contribution in [3.05, 3.63) is 54.2 Å². The normalized spacial score (nSPS) is 9.87. The van der Waals surface area contributed by atoms with Crippen LogP contribution in [0.5, 0.6) is 0 Å². The quantitative estimate of drug-likeness (QED) is 0.736. The molecule has 0 fully saturated rings. The Bertz CT molecular complexity index is 348. The number of anilines is 1. The van der Waals surface area contributed by atoms with Crippen molar-refractivity contribution in [2.45, 2.75) is 6.54 Å². The van der Waals surface area contributed by atoms with E-state index in [-0.39, 0.29) is 0 Å². The minimum absolute atomic E-state index is 0.716. The van der Waals surface area contributed by atoms with E-state index in [0.717, 1.165) is 6.54 Å². The van der Waals surface area contributed by atoms with Crippen LogP contribution in [0.4, 0.5) is 5.82 Å². The molecule has 0 aliphatic rings. The van der Waals surface area contributed by atoms with Gasteiger partial charge in [0.25, 0.3) is 0 Å². The molecule has 76 valence electrons. The van der Waals surface area contributed by atoms with E-state index in [1.807, 2.05) is 30.3 Å². The van der Waals surface area contributed by atoms with Crippen molar-refractivity contribution in [3.8, 4) is 0 Å². The Morgan fingerprint density at radius 2 is 1.87 bits per heavy atom. The Labute approximate surface area is 88.3 Å². The molecule has 0 saturated carbocycles. The number of nitrogens with one attached hydrogen (secondary N) is 2. The third-order valence-corrected chi connectivity index (χ3v) is 1.92. The highest BCUT2D eigenvalue weighted by atomic mass is 15.4. The molecule has 0 atom stereocenters. The van der Waals surface area contributed by atoms with Gasteiger partial charge in [-0.15, -0.1) is 5.10 Å². The van der Waals surface area contributed by atoms with Crippen molar-refractivity contribution >= 4 is 5.82 Å². The molecule has 2 N–H and O–H groups in total.